The lowest BCUT2D eigenvalue weighted by molar-refractivity contribution is 0.0998. The average molecular weight is 347 g/mol. The SMILES string of the molecule is CC(O)CN1CCC(CNCc2ccc(-n3cncn3)c(F)c2)CC1. The number of halogens is 1. The molecule has 3 rings (SSSR count). The second kappa shape index (κ2) is 8.51. The molecule has 2 aromatic rings. The van der Waals surface area contributed by atoms with Gasteiger partial charge in [0.25, 0.3) is 0 Å². The van der Waals surface area contributed by atoms with Crippen LogP contribution in [-0.4, -0.2) is 57.1 Å². The number of aliphatic hydroxyl groups is 1. The summed E-state index contributed by atoms with van der Waals surface area (Å²) in [6.45, 7) is 6.27. The Balaban J connectivity index is 1.43. The standard InChI is InChI=1S/C18H26FN5O/c1-14(25)11-23-6-4-15(5-7-23)9-20-10-16-2-3-18(17(19)8-16)24-13-21-12-22-24/h2-3,8,12-15,20,25H,4-7,9-11H2,1H3. The third-order valence-corrected chi connectivity index (χ3v) is 4.67. The molecule has 0 bridgehead atoms. The van der Waals surface area contributed by atoms with Crippen LogP contribution in [0.3, 0.4) is 0 Å². The second-order valence-corrected chi connectivity index (χ2v) is 6.85. The average Bonchev–Trinajstić information content (AvgIpc) is 3.10. The molecule has 1 aromatic carbocycles. The van der Waals surface area contributed by atoms with Crippen molar-refractivity contribution in [3.63, 3.8) is 0 Å². The van der Waals surface area contributed by atoms with Crippen molar-refractivity contribution in [2.24, 2.45) is 5.92 Å². The van der Waals surface area contributed by atoms with Gasteiger partial charge in [0.15, 0.2) is 0 Å². The Hall–Kier alpha value is -1.83. The first-order chi connectivity index (χ1) is 12.1. The van der Waals surface area contributed by atoms with Crippen molar-refractivity contribution in [2.45, 2.75) is 32.4 Å². The maximum Gasteiger partial charge on any atom is 0.149 e. The molecule has 0 spiro atoms. The Kier molecular flexibility index (Phi) is 6.12. The predicted octanol–water partition coefficient (Wildman–Crippen LogP) is 1.59. The number of rotatable bonds is 7. The summed E-state index contributed by atoms with van der Waals surface area (Å²) in [5.74, 6) is 0.348. The lowest BCUT2D eigenvalue weighted by Gasteiger charge is -2.32. The molecule has 25 heavy (non-hydrogen) atoms. The van der Waals surface area contributed by atoms with Crippen LogP contribution in [0.2, 0.25) is 0 Å². The molecule has 1 aromatic heterocycles. The number of benzene rings is 1. The Labute approximate surface area is 147 Å². The van der Waals surface area contributed by atoms with E-state index < -0.39 is 0 Å². The van der Waals surface area contributed by atoms with E-state index in [4.69, 9.17) is 0 Å². The van der Waals surface area contributed by atoms with Crippen molar-refractivity contribution >= 4 is 0 Å². The van der Waals surface area contributed by atoms with Crippen LogP contribution in [0.1, 0.15) is 25.3 Å². The van der Waals surface area contributed by atoms with Crippen molar-refractivity contribution in [3.8, 4) is 5.69 Å². The van der Waals surface area contributed by atoms with Crippen molar-refractivity contribution in [2.75, 3.05) is 26.2 Å². The van der Waals surface area contributed by atoms with E-state index in [-0.39, 0.29) is 11.9 Å². The number of piperidine rings is 1. The van der Waals surface area contributed by atoms with Gasteiger partial charge in [0.05, 0.1) is 6.10 Å². The molecule has 2 heterocycles. The number of hydrogen-bond acceptors (Lipinski definition) is 5. The largest absolute Gasteiger partial charge is 0.392 e. The van der Waals surface area contributed by atoms with Crippen molar-refractivity contribution < 1.29 is 9.50 Å². The van der Waals surface area contributed by atoms with Gasteiger partial charge in [-0.1, -0.05) is 6.07 Å². The predicted molar refractivity (Wildman–Crippen MR) is 93.9 cm³/mol. The monoisotopic (exact) mass is 347 g/mol. The maximum atomic E-state index is 14.2. The van der Waals surface area contributed by atoms with Crippen LogP contribution >= 0.6 is 0 Å². The van der Waals surface area contributed by atoms with E-state index in [9.17, 15) is 9.50 Å². The minimum atomic E-state index is -0.295. The molecule has 136 valence electrons. The molecule has 0 radical (unpaired) electrons. The number of nitrogens with zero attached hydrogens (tertiary/aromatic N) is 4. The lowest BCUT2D eigenvalue weighted by atomic mass is 9.96. The van der Waals surface area contributed by atoms with Gasteiger partial charge in [-0.3, -0.25) is 0 Å². The Morgan fingerprint density at radius 2 is 2.16 bits per heavy atom. The first-order valence-electron chi connectivity index (χ1n) is 8.86. The van der Waals surface area contributed by atoms with E-state index in [2.05, 4.69) is 20.3 Å². The van der Waals surface area contributed by atoms with E-state index in [1.165, 1.54) is 17.3 Å². The molecule has 0 aliphatic carbocycles. The zero-order chi connectivity index (χ0) is 17.6. The van der Waals surface area contributed by atoms with Gasteiger partial charge in [-0.2, -0.15) is 5.10 Å². The summed E-state index contributed by atoms with van der Waals surface area (Å²) in [4.78, 5) is 6.16. The minimum Gasteiger partial charge on any atom is -0.392 e. The molecule has 6 nitrogen and oxygen atoms in total. The normalized spacial score (nSPS) is 17.7. The quantitative estimate of drug-likeness (QED) is 0.796. The highest BCUT2D eigenvalue weighted by Gasteiger charge is 2.19. The smallest absolute Gasteiger partial charge is 0.149 e. The first-order valence-corrected chi connectivity index (χ1v) is 8.86. The van der Waals surface area contributed by atoms with Gasteiger partial charge < -0.3 is 15.3 Å². The summed E-state index contributed by atoms with van der Waals surface area (Å²) >= 11 is 0. The number of nitrogens with one attached hydrogen (secondary N) is 1. The summed E-state index contributed by atoms with van der Waals surface area (Å²) in [6.07, 6.45) is 4.89. The van der Waals surface area contributed by atoms with E-state index in [0.29, 0.717) is 18.2 Å². The van der Waals surface area contributed by atoms with Gasteiger partial charge in [-0.25, -0.2) is 14.1 Å². The number of aliphatic hydroxyl groups excluding tert-OH is 1. The Bertz CT molecular complexity index is 653. The highest BCUT2D eigenvalue weighted by molar-refractivity contribution is 5.35. The maximum absolute atomic E-state index is 14.2. The first kappa shape index (κ1) is 18.0. The highest BCUT2D eigenvalue weighted by atomic mass is 19.1. The van der Waals surface area contributed by atoms with Crippen LogP contribution in [0.5, 0.6) is 0 Å². The topological polar surface area (TPSA) is 66.2 Å². The summed E-state index contributed by atoms with van der Waals surface area (Å²) in [5.41, 5.74) is 1.33. The number of likely N-dealkylation sites (tertiary alicyclic amines) is 1. The molecule has 0 saturated carbocycles. The fraction of sp³-hybridized carbons (Fsp3) is 0.556. The molecule has 1 aliphatic rings. The number of β-amino-alcohol motifs (C(OH)–C–C–N with tert-alkyl or cyclic N) is 1. The van der Waals surface area contributed by atoms with Crippen LogP contribution in [0.4, 0.5) is 4.39 Å². The van der Waals surface area contributed by atoms with Crippen molar-refractivity contribution in [1.29, 1.82) is 0 Å². The zero-order valence-electron chi connectivity index (χ0n) is 14.6. The minimum absolute atomic E-state index is 0.259. The van der Waals surface area contributed by atoms with Crippen molar-refractivity contribution in [3.05, 3.63) is 42.2 Å². The zero-order valence-corrected chi connectivity index (χ0v) is 14.6. The molecule has 1 aliphatic heterocycles. The third kappa shape index (κ3) is 5.07. The molecular formula is C18H26FN5O. The van der Waals surface area contributed by atoms with Crippen LogP contribution in [0.15, 0.2) is 30.9 Å². The number of aromatic nitrogens is 3. The molecule has 1 unspecified atom stereocenters. The van der Waals surface area contributed by atoms with Crippen LogP contribution in [0.25, 0.3) is 5.69 Å². The van der Waals surface area contributed by atoms with E-state index in [0.717, 1.165) is 44.6 Å². The van der Waals surface area contributed by atoms with Gasteiger partial charge in [0, 0.05) is 13.1 Å². The van der Waals surface area contributed by atoms with Crippen molar-refractivity contribution in [1.82, 2.24) is 25.0 Å². The summed E-state index contributed by atoms with van der Waals surface area (Å²) in [5, 5.41) is 16.8. The fourth-order valence-electron chi connectivity index (χ4n) is 3.35. The molecule has 2 N–H and O–H groups in total. The Morgan fingerprint density at radius 1 is 1.36 bits per heavy atom. The summed E-state index contributed by atoms with van der Waals surface area (Å²) in [6, 6.07) is 5.20. The van der Waals surface area contributed by atoms with Gasteiger partial charge in [0.1, 0.15) is 24.2 Å². The van der Waals surface area contributed by atoms with E-state index >= 15 is 0 Å². The second-order valence-electron chi connectivity index (χ2n) is 6.85. The van der Waals surface area contributed by atoms with Crippen LogP contribution in [-0.2, 0) is 6.54 Å². The van der Waals surface area contributed by atoms with Crippen LogP contribution in [0, 0.1) is 11.7 Å². The van der Waals surface area contributed by atoms with Crippen LogP contribution < -0.4 is 5.32 Å². The molecular weight excluding hydrogens is 321 g/mol. The molecule has 1 atom stereocenters. The van der Waals surface area contributed by atoms with E-state index in [1.807, 2.05) is 13.0 Å². The fourth-order valence-corrected chi connectivity index (χ4v) is 3.35. The lowest BCUT2D eigenvalue weighted by Crippen LogP contribution is -2.40. The third-order valence-electron chi connectivity index (χ3n) is 4.67. The summed E-state index contributed by atoms with van der Waals surface area (Å²) in [7, 11) is 0. The molecule has 7 heteroatoms. The van der Waals surface area contributed by atoms with E-state index in [1.54, 1.807) is 12.1 Å². The molecule has 1 saturated heterocycles. The van der Waals surface area contributed by atoms with Gasteiger partial charge in [-0.05, 0) is 63.0 Å². The Morgan fingerprint density at radius 3 is 2.80 bits per heavy atom. The van der Waals surface area contributed by atoms with Gasteiger partial charge >= 0.3 is 0 Å². The number of hydrogen-bond donors (Lipinski definition) is 2. The molecule has 1 fully saturated rings. The molecule has 0 amide bonds. The highest BCUT2D eigenvalue weighted by Crippen LogP contribution is 2.17. The summed E-state index contributed by atoms with van der Waals surface area (Å²) < 4.78 is 15.6. The van der Waals surface area contributed by atoms with Gasteiger partial charge in [-0.15, -0.1) is 0 Å². The van der Waals surface area contributed by atoms with Gasteiger partial charge in [0.2, 0.25) is 0 Å².